The fourth-order valence-corrected chi connectivity index (χ4v) is 2.42. The van der Waals surface area contributed by atoms with Gasteiger partial charge in [0.1, 0.15) is 0 Å². The molecule has 0 aliphatic rings. The highest BCUT2D eigenvalue weighted by Gasteiger charge is 2.19. The van der Waals surface area contributed by atoms with Gasteiger partial charge in [0, 0.05) is 12.6 Å². The molecular formula is C18H31N3. The van der Waals surface area contributed by atoms with Crippen LogP contribution in [0.15, 0.2) is 4.99 Å². The van der Waals surface area contributed by atoms with Crippen molar-refractivity contribution in [1.82, 2.24) is 4.90 Å². The molecule has 0 radical (unpaired) electrons. The summed E-state index contributed by atoms with van der Waals surface area (Å²) in [7, 11) is 1.99. The Labute approximate surface area is 130 Å². The predicted octanol–water partition coefficient (Wildman–Crippen LogP) is 3.77. The number of guanidine groups is 1. The summed E-state index contributed by atoms with van der Waals surface area (Å²) in [5, 5.41) is 0. The van der Waals surface area contributed by atoms with E-state index in [0.717, 1.165) is 0 Å². The third-order valence-electron chi connectivity index (χ3n) is 4.90. The number of aliphatic imine (C=N–C) groups is 1. The van der Waals surface area contributed by atoms with Crippen molar-refractivity contribution in [1.29, 1.82) is 0 Å². The summed E-state index contributed by atoms with van der Waals surface area (Å²) in [6.45, 7) is 18.0. The second-order valence-electron chi connectivity index (χ2n) is 7.01. The SMILES string of the molecule is Cc1c(C)c(C)c(CN=C(N)N(C)C(C)(C)C)c(C)c1C. The lowest BCUT2D eigenvalue weighted by molar-refractivity contribution is 0.278. The molecule has 0 heterocycles. The average molecular weight is 289 g/mol. The van der Waals surface area contributed by atoms with Crippen LogP contribution in [0.2, 0.25) is 0 Å². The molecule has 0 spiro atoms. The maximum atomic E-state index is 6.13. The van der Waals surface area contributed by atoms with E-state index in [2.05, 4.69) is 60.4 Å². The number of hydrogen-bond donors (Lipinski definition) is 1. The van der Waals surface area contributed by atoms with Crippen molar-refractivity contribution in [2.75, 3.05) is 7.05 Å². The van der Waals surface area contributed by atoms with E-state index in [1.165, 1.54) is 33.4 Å². The molecule has 0 unspecified atom stereocenters. The first-order chi connectivity index (χ1) is 9.48. The largest absolute Gasteiger partial charge is 0.370 e. The Morgan fingerprint density at radius 3 is 1.67 bits per heavy atom. The van der Waals surface area contributed by atoms with E-state index in [9.17, 15) is 0 Å². The standard InChI is InChI=1S/C18H31N3/c1-11-12(2)14(4)16(15(5)13(11)3)10-20-17(19)21(9)18(6,7)8/h10H2,1-9H3,(H2,19,20). The molecule has 0 aliphatic heterocycles. The van der Waals surface area contributed by atoms with Crippen LogP contribution in [-0.4, -0.2) is 23.4 Å². The third-order valence-corrected chi connectivity index (χ3v) is 4.90. The summed E-state index contributed by atoms with van der Waals surface area (Å²) in [5.74, 6) is 0.595. The summed E-state index contributed by atoms with van der Waals surface area (Å²) in [6, 6.07) is 0. The molecule has 0 aromatic heterocycles. The molecule has 0 aliphatic carbocycles. The number of nitrogens with zero attached hydrogens (tertiary/aromatic N) is 2. The van der Waals surface area contributed by atoms with Gasteiger partial charge in [0.2, 0.25) is 0 Å². The van der Waals surface area contributed by atoms with Gasteiger partial charge in [-0.05, 0) is 88.8 Å². The zero-order valence-electron chi connectivity index (χ0n) is 15.2. The smallest absolute Gasteiger partial charge is 0.191 e. The first kappa shape index (κ1) is 17.5. The molecule has 0 saturated heterocycles. The van der Waals surface area contributed by atoms with Crippen LogP contribution in [0.4, 0.5) is 0 Å². The highest BCUT2D eigenvalue weighted by Crippen LogP contribution is 2.26. The van der Waals surface area contributed by atoms with E-state index < -0.39 is 0 Å². The van der Waals surface area contributed by atoms with E-state index in [0.29, 0.717) is 12.5 Å². The zero-order valence-corrected chi connectivity index (χ0v) is 15.2. The molecule has 1 aromatic carbocycles. The Kier molecular flexibility index (Phi) is 5.08. The molecule has 0 saturated carbocycles. The molecule has 0 bridgehead atoms. The fourth-order valence-electron chi connectivity index (χ4n) is 2.42. The normalized spacial score (nSPS) is 12.7. The van der Waals surface area contributed by atoms with Gasteiger partial charge in [-0.25, -0.2) is 4.99 Å². The number of rotatable bonds is 2. The van der Waals surface area contributed by atoms with Gasteiger partial charge in [-0.15, -0.1) is 0 Å². The van der Waals surface area contributed by atoms with Crippen LogP contribution in [0.5, 0.6) is 0 Å². The van der Waals surface area contributed by atoms with Crippen LogP contribution in [-0.2, 0) is 6.54 Å². The Morgan fingerprint density at radius 2 is 1.29 bits per heavy atom. The van der Waals surface area contributed by atoms with E-state index in [1.807, 2.05) is 11.9 Å². The van der Waals surface area contributed by atoms with Crippen molar-refractivity contribution >= 4 is 5.96 Å². The third kappa shape index (κ3) is 3.58. The molecule has 2 N–H and O–H groups in total. The number of benzene rings is 1. The van der Waals surface area contributed by atoms with E-state index in [-0.39, 0.29) is 5.54 Å². The summed E-state index contributed by atoms with van der Waals surface area (Å²) in [4.78, 5) is 6.63. The molecule has 0 atom stereocenters. The summed E-state index contributed by atoms with van der Waals surface area (Å²) >= 11 is 0. The van der Waals surface area contributed by atoms with Crippen molar-refractivity contribution < 1.29 is 0 Å². The quantitative estimate of drug-likeness (QED) is 0.665. The molecule has 118 valence electrons. The Bertz CT molecular complexity index is 534. The van der Waals surface area contributed by atoms with Crippen molar-refractivity contribution in [3.63, 3.8) is 0 Å². The van der Waals surface area contributed by atoms with Gasteiger partial charge in [0.25, 0.3) is 0 Å². The van der Waals surface area contributed by atoms with Gasteiger partial charge in [-0.1, -0.05) is 0 Å². The Balaban J connectivity index is 3.16. The molecule has 21 heavy (non-hydrogen) atoms. The minimum atomic E-state index is -0.0171. The first-order valence-corrected chi connectivity index (χ1v) is 7.58. The predicted molar refractivity (Wildman–Crippen MR) is 93.0 cm³/mol. The Morgan fingerprint density at radius 1 is 0.905 bits per heavy atom. The highest BCUT2D eigenvalue weighted by molar-refractivity contribution is 5.78. The van der Waals surface area contributed by atoms with E-state index in [1.54, 1.807) is 0 Å². The molecule has 3 nitrogen and oxygen atoms in total. The van der Waals surface area contributed by atoms with Gasteiger partial charge in [0.15, 0.2) is 5.96 Å². The van der Waals surface area contributed by atoms with Crippen molar-refractivity contribution in [2.45, 2.75) is 67.5 Å². The van der Waals surface area contributed by atoms with Crippen LogP contribution in [0, 0.1) is 34.6 Å². The van der Waals surface area contributed by atoms with E-state index in [4.69, 9.17) is 5.73 Å². The van der Waals surface area contributed by atoms with Crippen LogP contribution < -0.4 is 5.73 Å². The van der Waals surface area contributed by atoms with Crippen LogP contribution in [0.3, 0.4) is 0 Å². The van der Waals surface area contributed by atoms with Crippen molar-refractivity contribution in [2.24, 2.45) is 10.7 Å². The minimum absolute atomic E-state index is 0.0171. The fraction of sp³-hybridized carbons (Fsp3) is 0.611. The van der Waals surface area contributed by atoms with Crippen LogP contribution >= 0.6 is 0 Å². The lowest BCUT2D eigenvalue weighted by Gasteiger charge is -2.32. The molecular weight excluding hydrogens is 258 g/mol. The van der Waals surface area contributed by atoms with Gasteiger partial charge >= 0.3 is 0 Å². The zero-order chi connectivity index (χ0) is 16.5. The monoisotopic (exact) mass is 289 g/mol. The van der Waals surface area contributed by atoms with Gasteiger partial charge < -0.3 is 10.6 Å². The molecule has 3 heteroatoms. The van der Waals surface area contributed by atoms with Gasteiger partial charge in [-0.2, -0.15) is 0 Å². The maximum Gasteiger partial charge on any atom is 0.191 e. The maximum absolute atomic E-state index is 6.13. The van der Waals surface area contributed by atoms with Crippen LogP contribution in [0.25, 0.3) is 0 Å². The van der Waals surface area contributed by atoms with Gasteiger partial charge in [-0.3, -0.25) is 0 Å². The van der Waals surface area contributed by atoms with Crippen molar-refractivity contribution in [3.05, 3.63) is 33.4 Å². The number of nitrogens with two attached hydrogens (primary N) is 1. The first-order valence-electron chi connectivity index (χ1n) is 7.58. The second-order valence-corrected chi connectivity index (χ2v) is 7.01. The lowest BCUT2D eigenvalue weighted by Crippen LogP contribution is -2.46. The van der Waals surface area contributed by atoms with Crippen LogP contribution in [0.1, 0.15) is 54.2 Å². The summed E-state index contributed by atoms with van der Waals surface area (Å²) < 4.78 is 0. The molecule has 1 rings (SSSR count). The lowest BCUT2D eigenvalue weighted by atomic mass is 9.90. The van der Waals surface area contributed by atoms with Gasteiger partial charge in [0.05, 0.1) is 6.54 Å². The molecule has 1 aromatic rings. The molecule has 0 amide bonds. The highest BCUT2D eigenvalue weighted by atomic mass is 15.3. The minimum Gasteiger partial charge on any atom is -0.370 e. The van der Waals surface area contributed by atoms with Crippen molar-refractivity contribution in [3.8, 4) is 0 Å². The number of hydrogen-bond acceptors (Lipinski definition) is 1. The summed E-state index contributed by atoms with van der Waals surface area (Å²) in [6.07, 6.45) is 0. The average Bonchev–Trinajstić information content (AvgIpc) is 2.40. The molecule has 0 fully saturated rings. The summed E-state index contributed by atoms with van der Waals surface area (Å²) in [5.41, 5.74) is 14.2. The topological polar surface area (TPSA) is 41.6 Å². The van der Waals surface area contributed by atoms with E-state index >= 15 is 0 Å². The second kappa shape index (κ2) is 6.08. The Hall–Kier alpha value is -1.51.